The van der Waals surface area contributed by atoms with E-state index in [1.807, 2.05) is 36.4 Å². The van der Waals surface area contributed by atoms with Gasteiger partial charge in [0.2, 0.25) is 0 Å². The number of hydrogen-bond donors (Lipinski definition) is 0. The lowest BCUT2D eigenvalue weighted by Gasteiger charge is -2.00. The van der Waals surface area contributed by atoms with Crippen LogP contribution in [0, 0.1) is 11.3 Å². The summed E-state index contributed by atoms with van der Waals surface area (Å²) in [5.41, 5.74) is 1.27. The molecule has 0 spiro atoms. The molecule has 0 amide bonds. The minimum absolute atomic E-state index is 0.0859. The lowest BCUT2D eigenvalue weighted by molar-refractivity contribution is -0.138. The number of allylic oxidation sites excluding steroid dienone is 1. The van der Waals surface area contributed by atoms with E-state index in [-0.39, 0.29) is 12.2 Å². The van der Waals surface area contributed by atoms with Crippen LogP contribution in [0.2, 0.25) is 0 Å². The SMILES string of the molecule is CCOC(=O)/C(C#N)=C\CCc1ccccc1. The van der Waals surface area contributed by atoms with Crippen molar-refractivity contribution in [2.75, 3.05) is 6.61 Å². The van der Waals surface area contributed by atoms with Gasteiger partial charge < -0.3 is 4.74 Å². The molecule has 0 bridgehead atoms. The summed E-state index contributed by atoms with van der Waals surface area (Å²) in [6.45, 7) is 2.01. The Balaban J connectivity index is 2.52. The molecule has 0 aliphatic rings. The maximum absolute atomic E-state index is 11.3. The second-order valence-electron chi connectivity index (χ2n) is 3.47. The Morgan fingerprint density at radius 1 is 1.41 bits per heavy atom. The van der Waals surface area contributed by atoms with Gasteiger partial charge in [0.1, 0.15) is 11.6 Å². The number of benzene rings is 1. The average molecular weight is 229 g/mol. The maximum atomic E-state index is 11.3. The Bertz CT molecular complexity index is 429. The predicted octanol–water partition coefficient (Wildman–Crippen LogP) is 2.63. The van der Waals surface area contributed by atoms with Crippen LogP contribution in [0.1, 0.15) is 18.9 Å². The van der Waals surface area contributed by atoms with Crippen LogP contribution >= 0.6 is 0 Å². The largest absolute Gasteiger partial charge is 0.462 e. The van der Waals surface area contributed by atoms with E-state index in [9.17, 15) is 4.79 Å². The van der Waals surface area contributed by atoms with E-state index in [1.54, 1.807) is 13.0 Å². The second-order valence-corrected chi connectivity index (χ2v) is 3.47. The molecule has 0 aliphatic carbocycles. The standard InChI is InChI=1S/C14H15NO2/c1-2-17-14(16)13(11-15)10-6-9-12-7-4-3-5-8-12/h3-5,7-8,10H,2,6,9H2,1H3/b13-10-. The Morgan fingerprint density at radius 2 is 2.12 bits per heavy atom. The van der Waals surface area contributed by atoms with Crippen LogP contribution in [-0.4, -0.2) is 12.6 Å². The Morgan fingerprint density at radius 3 is 2.71 bits per heavy atom. The highest BCUT2D eigenvalue weighted by Gasteiger charge is 2.08. The summed E-state index contributed by atoms with van der Waals surface area (Å²) in [7, 11) is 0. The maximum Gasteiger partial charge on any atom is 0.348 e. The highest BCUT2D eigenvalue weighted by Crippen LogP contribution is 2.05. The molecule has 0 radical (unpaired) electrons. The minimum Gasteiger partial charge on any atom is -0.462 e. The number of nitriles is 1. The number of esters is 1. The lowest BCUT2D eigenvalue weighted by Crippen LogP contribution is -2.06. The highest BCUT2D eigenvalue weighted by atomic mass is 16.5. The summed E-state index contributed by atoms with van der Waals surface area (Å²) in [5, 5.41) is 8.80. The molecule has 0 aromatic heterocycles. The highest BCUT2D eigenvalue weighted by molar-refractivity contribution is 5.92. The molecule has 0 N–H and O–H groups in total. The Hall–Kier alpha value is -2.08. The fraction of sp³-hybridized carbons (Fsp3) is 0.286. The first-order chi connectivity index (χ1) is 8.27. The van der Waals surface area contributed by atoms with Gasteiger partial charge in [-0.2, -0.15) is 5.26 Å². The third-order valence-corrected chi connectivity index (χ3v) is 2.24. The fourth-order valence-corrected chi connectivity index (χ4v) is 1.41. The van der Waals surface area contributed by atoms with E-state index in [0.717, 1.165) is 6.42 Å². The van der Waals surface area contributed by atoms with Crippen LogP contribution in [0.3, 0.4) is 0 Å². The van der Waals surface area contributed by atoms with Crippen molar-refractivity contribution in [2.45, 2.75) is 19.8 Å². The molecule has 0 unspecified atom stereocenters. The van der Waals surface area contributed by atoms with Crippen LogP contribution < -0.4 is 0 Å². The molecule has 17 heavy (non-hydrogen) atoms. The molecular weight excluding hydrogens is 214 g/mol. The Labute approximate surface area is 101 Å². The number of carbonyl (C=O) groups is 1. The van der Waals surface area contributed by atoms with Gasteiger partial charge in [0.05, 0.1) is 6.61 Å². The number of nitrogens with zero attached hydrogens (tertiary/aromatic N) is 1. The number of aryl methyl sites for hydroxylation is 1. The summed E-state index contributed by atoms with van der Waals surface area (Å²) < 4.78 is 4.77. The van der Waals surface area contributed by atoms with Crippen molar-refractivity contribution in [1.29, 1.82) is 5.26 Å². The predicted molar refractivity (Wildman–Crippen MR) is 65.1 cm³/mol. The van der Waals surface area contributed by atoms with Gasteiger partial charge in [-0.3, -0.25) is 0 Å². The molecule has 1 aromatic rings. The lowest BCUT2D eigenvalue weighted by atomic mass is 10.1. The smallest absolute Gasteiger partial charge is 0.348 e. The number of carbonyl (C=O) groups excluding carboxylic acids is 1. The molecular formula is C14H15NO2. The monoisotopic (exact) mass is 229 g/mol. The molecule has 0 saturated heterocycles. The molecule has 3 heteroatoms. The van der Waals surface area contributed by atoms with E-state index < -0.39 is 5.97 Å². The zero-order chi connectivity index (χ0) is 12.5. The van der Waals surface area contributed by atoms with Crippen LogP contribution in [0.4, 0.5) is 0 Å². The van der Waals surface area contributed by atoms with E-state index in [1.165, 1.54) is 5.56 Å². The van der Waals surface area contributed by atoms with Crippen molar-refractivity contribution in [2.24, 2.45) is 0 Å². The summed E-state index contributed by atoms with van der Waals surface area (Å²) in [4.78, 5) is 11.3. The van der Waals surface area contributed by atoms with Crippen LogP contribution in [0.5, 0.6) is 0 Å². The zero-order valence-electron chi connectivity index (χ0n) is 9.85. The quantitative estimate of drug-likeness (QED) is 0.443. The van der Waals surface area contributed by atoms with Gasteiger partial charge in [-0.15, -0.1) is 0 Å². The van der Waals surface area contributed by atoms with Crippen LogP contribution in [-0.2, 0) is 16.0 Å². The number of ether oxygens (including phenoxy) is 1. The molecule has 3 nitrogen and oxygen atoms in total. The third-order valence-electron chi connectivity index (χ3n) is 2.24. The molecule has 1 aromatic carbocycles. The van der Waals surface area contributed by atoms with Crippen molar-refractivity contribution >= 4 is 5.97 Å². The second kappa shape index (κ2) is 7.24. The van der Waals surface area contributed by atoms with Gasteiger partial charge in [0, 0.05) is 0 Å². The van der Waals surface area contributed by atoms with E-state index in [0.29, 0.717) is 6.42 Å². The van der Waals surface area contributed by atoms with E-state index in [2.05, 4.69) is 0 Å². The van der Waals surface area contributed by atoms with Crippen molar-refractivity contribution in [3.63, 3.8) is 0 Å². The first kappa shape index (κ1) is 13.0. The molecule has 1 rings (SSSR count). The topological polar surface area (TPSA) is 50.1 Å². The normalized spacial score (nSPS) is 10.7. The summed E-state index contributed by atoms with van der Waals surface area (Å²) >= 11 is 0. The third kappa shape index (κ3) is 4.52. The number of hydrogen-bond acceptors (Lipinski definition) is 3. The molecule has 88 valence electrons. The van der Waals surface area contributed by atoms with Gasteiger partial charge in [-0.25, -0.2) is 4.79 Å². The summed E-state index contributed by atoms with van der Waals surface area (Å²) in [5.74, 6) is -0.539. The molecule has 0 saturated carbocycles. The van der Waals surface area contributed by atoms with E-state index >= 15 is 0 Å². The first-order valence-corrected chi connectivity index (χ1v) is 5.59. The molecule has 0 heterocycles. The van der Waals surface area contributed by atoms with Crippen molar-refractivity contribution in [3.8, 4) is 6.07 Å². The number of rotatable bonds is 5. The zero-order valence-corrected chi connectivity index (χ0v) is 9.85. The minimum atomic E-state index is -0.539. The van der Waals surface area contributed by atoms with Crippen LogP contribution in [0.15, 0.2) is 42.0 Å². The first-order valence-electron chi connectivity index (χ1n) is 5.59. The molecule has 0 atom stereocenters. The molecule has 0 fully saturated rings. The summed E-state index contributed by atoms with van der Waals surface area (Å²) in [6.07, 6.45) is 3.10. The summed E-state index contributed by atoms with van der Waals surface area (Å²) in [6, 6.07) is 11.8. The molecule has 0 aliphatic heterocycles. The fourth-order valence-electron chi connectivity index (χ4n) is 1.41. The van der Waals surface area contributed by atoms with Gasteiger partial charge in [-0.05, 0) is 25.3 Å². The van der Waals surface area contributed by atoms with Gasteiger partial charge >= 0.3 is 5.97 Å². The average Bonchev–Trinajstić information content (AvgIpc) is 2.36. The van der Waals surface area contributed by atoms with Crippen LogP contribution in [0.25, 0.3) is 0 Å². The van der Waals surface area contributed by atoms with Crippen molar-refractivity contribution in [3.05, 3.63) is 47.5 Å². The van der Waals surface area contributed by atoms with Gasteiger partial charge in [0.15, 0.2) is 0 Å². The van der Waals surface area contributed by atoms with E-state index in [4.69, 9.17) is 10.00 Å². The van der Waals surface area contributed by atoms with Crippen molar-refractivity contribution < 1.29 is 9.53 Å². The van der Waals surface area contributed by atoms with Gasteiger partial charge in [0.25, 0.3) is 0 Å². The Kier molecular flexibility index (Phi) is 5.53. The van der Waals surface area contributed by atoms with Gasteiger partial charge in [-0.1, -0.05) is 36.4 Å². The van der Waals surface area contributed by atoms with Crippen molar-refractivity contribution in [1.82, 2.24) is 0 Å².